The number of carbonyl (C=O) groups is 1. The van der Waals surface area contributed by atoms with E-state index in [1.54, 1.807) is 4.90 Å². The molecule has 5 heteroatoms. The molecule has 2 atom stereocenters. The number of amides is 1. The predicted molar refractivity (Wildman–Crippen MR) is 46.7 cm³/mol. The van der Waals surface area contributed by atoms with E-state index >= 15 is 0 Å². The fourth-order valence-corrected chi connectivity index (χ4v) is 2.14. The van der Waals surface area contributed by atoms with Crippen LogP contribution in [0.4, 0.5) is 4.79 Å². The first-order valence-electron chi connectivity index (χ1n) is 4.41. The Kier molecular flexibility index (Phi) is 2.60. The Morgan fingerprint density at radius 3 is 2.62 bits per heavy atom. The van der Waals surface area contributed by atoms with Gasteiger partial charge in [0.2, 0.25) is 0 Å². The molecular weight excluding hydrogens is 194 g/mol. The minimum absolute atomic E-state index is 0.0738. The monoisotopic (exact) mass is 205 g/mol. The van der Waals surface area contributed by atoms with Gasteiger partial charge >= 0.3 is 6.09 Å². The first-order chi connectivity index (χ1) is 6.33. The van der Waals surface area contributed by atoms with Crippen molar-refractivity contribution in [2.75, 3.05) is 19.3 Å². The molecule has 2 aliphatic rings. The molecule has 0 aliphatic carbocycles. The van der Waals surface area contributed by atoms with E-state index in [0.29, 0.717) is 13.2 Å². The zero-order valence-corrected chi connectivity index (χ0v) is 8.00. The summed E-state index contributed by atoms with van der Waals surface area (Å²) < 4.78 is 10.1. The van der Waals surface area contributed by atoms with Crippen molar-refractivity contribution in [3.05, 3.63) is 0 Å². The van der Waals surface area contributed by atoms with Crippen molar-refractivity contribution in [3.8, 4) is 0 Å². The number of ether oxygens (including phenoxy) is 2. The molecule has 2 rings (SSSR count). The van der Waals surface area contributed by atoms with Gasteiger partial charge in [-0.3, -0.25) is 4.90 Å². The van der Waals surface area contributed by atoms with Gasteiger partial charge in [0.1, 0.15) is 0 Å². The van der Waals surface area contributed by atoms with Crippen LogP contribution in [0.15, 0.2) is 0 Å². The van der Waals surface area contributed by atoms with Crippen molar-refractivity contribution >= 4 is 17.7 Å². The highest BCUT2D eigenvalue weighted by atomic mass is 35.5. The molecular formula is C8H12ClNO3. The molecule has 2 unspecified atom stereocenters. The van der Waals surface area contributed by atoms with Crippen molar-refractivity contribution in [2.45, 2.75) is 24.9 Å². The summed E-state index contributed by atoms with van der Waals surface area (Å²) in [6.45, 7) is 1.27. The number of carbonyl (C=O) groups excluding carboxylic acids is 1. The average molecular weight is 206 g/mol. The van der Waals surface area contributed by atoms with E-state index in [1.807, 2.05) is 0 Å². The fraction of sp³-hybridized carbons (Fsp3) is 0.875. The molecule has 0 aromatic carbocycles. The van der Waals surface area contributed by atoms with Crippen LogP contribution < -0.4 is 0 Å². The molecule has 2 fully saturated rings. The van der Waals surface area contributed by atoms with E-state index < -0.39 is 0 Å². The number of alkyl halides is 1. The standard InChI is InChI=1S/C8H12ClNO3/c9-5-13-8(11)10-6-1-2-7(10)4-12-3-6/h6-7H,1-5H2. The molecule has 0 saturated carbocycles. The summed E-state index contributed by atoms with van der Waals surface area (Å²) in [6, 6.07) is 0.333. The third kappa shape index (κ3) is 1.60. The van der Waals surface area contributed by atoms with Crippen molar-refractivity contribution in [2.24, 2.45) is 0 Å². The second kappa shape index (κ2) is 3.72. The number of morpholine rings is 1. The van der Waals surface area contributed by atoms with Gasteiger partial charge in [0.25, 0.3) is 0 Å². The zero-order valence-electron chi connectivity index (χ0n) is 7.24. The van der Waals surface area contributed by atoms with Crippen LogP contribution in [0.25, 0.3) is 0 Å². The Morgan fingerprint density at radius 1 is 1.46 bits per heavy atom. The number of rotatable bonds is 1. The molecule has 2 aliphatic heterocycles. The lowest BCUT2D eigenvalue weighted by molar-refractivity contribution is -0.0115. The third-order valence-corrected chi connectivity index (χ3v) is 2.74. The Balaban J connectivity index is 2.02. The molecule has 13 heavy (non-hydrogen) atoms. The largest absolute Gasteiger partial charge is 0.433 e. The highest BCUT2D eigenvalue weighted by molar-refractivity contribution is 6.17. The number of hydrogen-bond acceptors (Lipinski definition) is 3. The number of hydrogen-bond donors (Lipinski definition) is 0. The van der Waals surface area contributed by atoms with Gasteiger partial charge in [-0.05, 0) is 12.8 Å². The Bertz CT molecular complexity index is 196. The molecule has 4 nitrogen and oxygen atoms in total. The van der Waals surface area contributed by atoms with Crippen LogP contribution in [0.3, 0.4) is 0 Å². The Morgan fingerprint density at radius 2 is 2.08 bits per heavy atom. The van der Waals surface area contributed by atoms with Crippen LogP contribution in [-0.4, -0.2) is 42.4 Å². The highest BCUT2D eigenvalue weighted by Gasteiger charge is 2.41. The summed E-state index contributed by atoms with van der Waals surface area (Å²) in [4.78, 5) is 13.2. The van der Waals surface area contributed by atoms with Gasteiger partial charge in [-0.15, -0.1) is 0 Å². The maximum atomic E-state index is 11.4. The third-order valence-electron chi connectivity index (χ3n) is 2.63. The molecule has 0 aromatic rings. The summed E-state index contributed by atoms with van der Waals surface area (Å²) in [5.41, 5.74) is 0. The van der Waals surface area contributed by atoms with Crippen LogP contribution in [0.1, 0.15) is 12.8 Å². The van der Waals surface area contributed by atoms with Crippen LogP contribution in [0.2, 0.25) is 0 Å². The van der Waals surface area contributed by atoms with E-state index in [1.165, 1.54) is 0 Å². The van der Waals surface area contributed by atoms with Crippen LogP contribution in [0.5, 0.6) is 0 Å². The summed E-state index contributed by atoms with van der Waals surface area (Å²) >= 11 is 5.33. The summed E-state index contributed by atoms with van der Waals surface area (Å²) in [5.74, 6) is 0. The first-order valence-corrected chi connectivity index (χ1v) is 4.95. The SMILES string of the molecule is O=C(OCCl)N1C2CCC1COC2. The normalized spacial score (nSPS) is 31.9. The second-order valence-corrected chi connectivity index (χ2v) is 3.57. The van der Waals surface area contributed by atoms with Gasteiger partial charge in [0.15, 0.2) is 6.07 Å². The van der Waals surface area contributed by atoms with Crippen molar-refractivity contribution < 1.29 is 14.3 Å². The van der Waals surface area contributed by atoms with Crippen LogP contribution in [0, 0.1) is 0 Å². The number of halogens is 1. The Labute approximate surface area is 81.7 Å². The van der Waals surface area contributed by atoms with Gasteiger partial charge in [0.05, 0.1) is 25.3 Å². The first kappa shape index (κ1) is 9.09. The van der Waals surface area contributed by atoms with Crippen LogP contribution >= 0.6 is 11.6 Å². The zero-order chi connectivity index (χ0) is 9.26. The predicted octanol–water partition coefficient (Wildman–Crippen LogP) is 1.18. The molecule has 74 valence electrons. The lowest BCUT2D eigenvalue weighted by Crippen LogP contribution is -2.49. The van der Waals surface area contributed by atoms with E-state index in [4.69, 9.17) is 21.1 Å². The maximum absolute atomic E-state index is 11.4. The summed E-state index contributed by atoms with van der Waals surface area (Å²) in [6.07, 6.45) is 1.73. The van der Waals surface area contributed by atoms with Gasteiger partial charge in [-0.25, -0.2) is 4.79 Å². The minimum Gasteiger partial charge on any atom is -0.433 e. The molecule has 2 heterocycles. The van der Waals surface area contributed by atoms with Gasteiger partial charge in [0, 0.05) is 0 Å². The molecule has 0 radical (unpaired) electrons. The molecule has 1 amide bonds. The van der Waals surface area contributed by atoms with Gasteiger partial charge in [-0.1, -0.05) is 11.6 Å². The quantitative estimate of drug-likeness (QED) is 0.604. The minimum atomic E-state index is -0.300. The fourth-order valence-electron chi connectivity index (χ4n) is 2.05. The van der Waals surface area contributed by atoms with Crippen molar-refractivity contribution in [3.63, 3.8) is 0 Å². The van der Waals surface area contributed by atoms with Crippen molar-refractivity contribution in [1.82, 2.24) is 4.90 Å². The van der Waals surface area contributed by atoms with E-state index in [0.717, 1.165) is 12.8 Å². The number of nitrogens with zero attached hydrogens (tertiary/aromatic N) is 1. The molecule has 2 saturated heterocycles. The topological polar surface area (TPSA) is 38.8 Å². The van der Waals surface area contributed by atoms with E-state index in [-0.39, 0.29) is 24.2 Å². The van der Waals surface area contributed by atoms with E-state index in [9.17, 15) is 4.79 Å². The Hall–Kier alpha value is -0.480. The van der Waals surface area contributed by atoms with Crippen molar-refractivity contribution in [1.29, 1.82) is 0 Å². The van der Waals surface area contributed by atoms with Gasteiger partial charge in [-0.2, -0.15) is 0 Å². The lowest BCUT2D eigenvalue weighted by Gasteiger charge is -2.33. The average Bonchev–Trinajstić information content (AvgIpc) is 2.37. The molecule has 0 aromatic heterocycles. The lowest BCUT2D eigenvalue weighted by atomic mass is 10.2. The number of fused-ring (bicyclic) bond motifs is 2. The molecule has 0 spiro atoms. The molecule has 0 N–H and O–H groups in total. The van der Waals surface area contributed by atoms with Gasteiger partial charge < -0.3 is 9.47 Å². The highest BCUT2D eigenvalue weighted by Crippen LogP contribution is 2.29. The van der Waals surface area contributed by atoms with Crippen LogP contribution in [-0.2, 0) is 9.47 Å². The molecule has 2 bridgehead atoms. The summed E-state index contributed by atoms with van der Waals surface area (Å²) in [5, 5.41) is 0. The maximum Gasteiger partial charge on any atom is 0.411 e. The van der Waals surface area contributed by atoms with E-state index in [2.05, 4.69) is 0 Å². The summed E-state index contributed by atoms with van der Waals surface area (Å²) in [7, 11) is 0. The smallest absolute Gasteiger partial charge is 0.411 e. The second-order valence-electron chi connectivity index (χ2n) is 3.35.